The van der Waals surface area contributed by atoms with Gasteiger partial charge in [0.05, 0.1) is 0 Å². The van der Waals surface area contributed by atoms with E-state index in [4.69, 9.17) is 5.73 Å². The first kappa shape index (κ1) is 11.6. The monoisotopic (exact) mass is 227 g/mol. The van der Waals surface area contributed by atoms with E-state index in [1.54, 1.807) is 0 Å². The molecule has 0 aliphatic rings. The predicted octanol–water partition coefficient (Wildman–Crippen LogP) is 3.65. The van der Waals surface area contributed by atoms with Gasteiger partial charge in [-0.2, -0.15) is 0 Å². The van der Waals surface area contributed by atoms with Crippen LogP contribution in [0.5, 0.6) is 0 Å². The zero-order valence-corrected chi connectivity index (χ0v) is 10.2. The maximum atomic E-state index is 12.1. The van der Waals surface area contributed by atoms with Crippen molar-refractivity contribution in [3.05, 3.63) is 42.0 Å². The molecule has 0 amide bonds. The van der Waals surface area contributed by atoms with Gasteiger partial charge in [-0.1, -0.05) is 32.0 Å². The van der Waals surface area contributed by atoms with Crippen LogP contribution < -0.4 is 5.73 Å². The minimum Gasteiger partial charge on any atom is -0.399 e. The first-order valence-electron chi connectivity index (χ1n) is 5.95. The van der Waals surface area contributed by atoms with E-state index in [2.05, 4.69) is 0 Å². The normalized spacial score (nSPS) is 12.6. The fraction of sp³-hybridized carbons (Fsp3) is 0.267. The molecule has 0 heterocycles. The van der Waals surface area contributed by atoms with Crippen LogP contribution in [0.2, 0.25) is 0 Å². The van der Waals surface area contributed by atoms with Gasteiger partial charge < -0.3 is 5.73 Å². The summed E-state index contributed by atoms with van der Waals surface area (Å²) in [6.45, 7) is 4.00. The van der Waals surface area contributed by atoms with Gasteiger partial charge >= 0.3 is 0 Å². The van der Waals surface area contributed by atoms with E-state index in [0.29, 0.717) is 0 Å². The Balaban J connectivity index is 2.45. The predicted molar refractivity (Wildman–Crippen MR) is 72.1 cm³/mol. The molecule has 2 heteroatoms. The Morgan fingerprint density at radius 3 is 2.53 bits per heavy atom. The number of benzene rings is 2. The van der Waals surface area contributed by atoms with Crippen LogP contribution in [0.15, 0.2) is 36.4 Å². The lowest BCUT2D eigenvalue weighted by atomic mass is 9.95. The van der Waals surface area contributed by atoms with Crippen LogP contribution in [0.3, 0.4) is 0 Å². The summed E-state index contributed by atoms with van der Waals surface area (Å²) < 4.78 is 0. The molecule has 0 aliphatic carbocycles. The molecule has 0 aromatic heterocycles. The van der Waals surface area contributed by atoms with Gasteiger partial charge in [0.15, 0.2) is 5.78 Å². The molecule has 0 bridgehead atoms. The quantitative estimate of drug-likeness (QED) is 0.642. The molecule has 17 heavy (non-hydrogen) atoms. The van der Waals surface area contributed by atoms with Crippen molar-refractivity contribution in [3.8, 4) is 0 Å². The summed E-state index contributed by atoms with van der Waals surface area (Å²) in [7, 11) is 0. The van der Waals surface area contributed by atoms with Crippen LogP contribution in [-0.2, 0) is 0 Å². The number of hydrogen-bond donors (Lipinski definition) is 1. The zero-order valence-electron chi connectivity index (χ0n) is 10.2. The highest BCUT2D eigenvalue weighted by atomic mass is 16.1. The second-order valence-corrected chi connectivity index (χ2v) is 4.49. The molecule has 2 aromatic rings. The molecular weight excluding hydrogens is 210 g/mol. The Kier molecular flexibility index (Phi) is 3.14. The minimum atomic E-state index is 0.0845. The van der Waals surface area contributed by atoms with Gasteiger partial charge in [-0.25, -0.2) is 0 Å². The van der Waals surface area contributed by atoms with Gasteiger partial charge in [0.2, 0.25) is 0 Å². The third-order valence-corrected chi connectivity index (χ3v) is 3.21. The second kappa shape index (κ2) is 4.58. The number of Topliss-reactive ketones (excluding diaryl/α,β-unsaturated/α-hetero) is 1. The Labute approximate surface area is 101 Å². The Morgan fingerprint density at radius 2 is 1.82 bits per heavy atom. The fourth-order valence-electron chi connectivity index (χ4n) is 1.89. The van der Waals surface area contributed by atoms with Gasteiger partial charge in [0.1, 0.15) is 0 Å². The van der Waals surface area contributed by atoms with E-state index >= 15 is 0 Å². The maximum absolute atomic E-state index is 12.1. The average Bonchev–Trinajstić information content (AvgIpc) is 2.36. The van der Waals surface area contributed by atoms with Crippen molar-refractivity contribution in [3.63, 3.8) is 0 Å². The lowest BCUT2D eigenvalue weighted by Gasteiger charge is -2.08. The van der Waals surface area contributed by atoms with Crippen LogP contribution >= 0.6 is 0 Å². The summed E-state index contributed by atoms with van der Waals surface area (Å²) in [5, 5.41) is 2.14. The summed E-state index contributed by atoms with van der Waals surface area (Å²) in [5.74, 6) is 0.299. The molecule has 0 fully saturated rings. The van der Waals surface area contributed by atoms with E-state index in [1.165, 1.54) is 0 Å². The van der Waals surface area contributed by atoms with E-state index in [9.17, 15) is 4.79 Å². The molecule has 0 spiro atoms. The van der Waals surface area contributed by atoms with Crippen LogP contribution in [0.4, 0.5) is 5.69 Å². The number of anilines is 1. The first-order chi connectivity index (χ1) is 8.11. The molecule has 0 saturated carbocycles. The largest absolute Gasteiger partial charge is 0.399 e. The van der Waals surface area contributed by atoms with Gasteiger partial charge in [-0.3, -0.25) is 4.79 Å². The van der Waals surface area contributed by atoms with E-state index < -0.39 is 0 Å². The van der Waals surface area contributed by atoms with Gasteiger partial charge in [-0.15, -0.1) is 0 Å². The number of nitrogens with two attached hydrogens (primary N) is 1. The molecule has 2 nitrogen and oxygen atoms in total. The van der Waals surface area contributed by atoms with Gasteiger partial charge in [-0.05, 0) is 35.4 Å². The minimum absolute atomic E-state index is 0.0845. The van der Waals surface area contributed by atoms with Crippen molar-refractivity contribution in [1.82, 2.24) is 0 Å². The van der Waals surface area contributed by atoms with Crippen molar-refractivity contribution in [1.29, 1.82) is 0 Å². The smallest absolute Gasteiger partial charge is 0.165 e. The number of fused-ring (bicyclic) bond motifs is 1. The van der Waals surface area contributed by atoms with Crippen molar-refractivity contribution >= 4 is 22.2 Å². The van der Waals surface area contributed by atoms with Gasteiger partial charge in [0.25, 0.3) is 0 Å². The molecular formula is C15H17NO. The molecule has 0 saturated heterocycles. The molecule has 1 unspecified atom stereocenters. The first-order valence-corrected chi connectivity index (χ1v) is 5.95. The average molecular weight is 227 g/mol. The molecule has 0 aliphatic heterocycles. The molecule has 1 atom stereocenters. The standard InChI is InChI=1S/C15H17NO/c1-3-10(2)15(17)13-5-4-12-9-14(16)7-6-11(12)8-13/h4-10H,3,16H2,1-2H3. The second-order valence-electron chi connectivity index (χ2n) is 4.49. The van der Waals surface area contributed by atoms with E-state index in [1.807, 2.05) is 50.2 Å². The fourth-order valence-corrected chi connectivity index (χ4v) is 1.89. The summed E-state index contributed by atoms with van der Waals surface area (Å²) in [5.41, 5.74) is 7.26. The Hall–Kier alpha value is -1.83. The van der Waals surface area contributed by atoms with Crippen molar-refractivity contribution in [2.24, 2.45) is 5.92 Å². The van der Waals surface area contributed by atoms with Crippen molar-refractivity contribution < 1.29 is 4.79 Å². The SMILES string of the molecule is CCC(C)C(=O)c1ccc2cc(N)ccc2c1. The molecule has 2 aromatic carbocycles. The summed E-state index contributed by atoms with van der Waals surface area (Å²) in [4.78, 5) is 12.1. The van der Waals surface area contributed by atoms with Crippen LogP contribution in [-0.4, -0.2) is 5.78 Å². The Bertz CT molecular complexity index is 560. The third-order valence-electron chi connectivity index (χ3n) is 3.21. The molecule has 2 N–H and O–H groups in total. The summed E-state index contributed by atoms with van der Waals surface area (Å²) in [6.07, 6.45) is 0.874. The zero-order chi connectivity index (χ0) is 12.4. The lowest BCUT2D eigenvalue weighted by Crippen LogP contribution is -2.09. The number of carbonyl (C=O) groups excluding carboxylic acids is 1. The van der Waals surface area contributed by atoms with E-state index in [-0.39, 0.29) is 11.7 Å². The molecule has 88 valence electrons. The number of nitrogen functional groups attached to an aromatic ring is 1. The highest BCUT2D eigenvalue weighted by molar-refractivity contribution is 6.01. The summed E-state index contributed by atoms with van der Waals surface area (Å²) >= 11 is 0. The Morgan fingerprint density at radius 1 is 1.18 bits per heavy atom. The van der Waals surface area contributed by atoms with Gasteiger partial charge in [0, 0.05) is 17.2 Å². The van der Waals surface area contributed by atoms with E-state index in [0.717, 1.165) is 28.4 Å². The number of rotatable bonds is 3. The number of carbonyl (C=O) groups is 1. The van der Waals surface area contributed by atoms with Crippen molar-refractivity contribution in [2.75, 3.05) is 5.73 Å². The number of ketones is 1. The highest BCUT2D eigenvalue weighted by Crippen LogP contribution is 2.21. The third kappa shape index (κ3) is 2.31. The lowest BCUT2D eigenvalue weighted by molar-refractivity contribution is 0.0927. The topological polar surface area (TPSA) is 43.1 Å². The molecule has 0 radical (unpaired) electrons. The highest BCUT2D eigenvalue weighted by Gasteiger charge is 2.13. The summed E-state index contributed by atoms with van der Waals surface area (Å²) in [6, 6.07) is 11.5. The molecule has 2 rings (SSSR count). The van der Waals surface area contributed by atoms with Crippen LogP contribution in [0.25, 0.3) is 10.8 Å². The maximum Gasteiger partial charge on any atom is 0.165 e. The number of hydrogen-bond acceptors (Lipinski definition) is 2. The van der Waals surface area contributed by atoms with Crippen LogP contribution in [0, 0.1) is 5.92 Å². The van der Waals surface area contributed by atoms with Crippen LogP contribution in [0.1, 0.15) is 30.6 Å². The van der Waals surface area contributed by atoms with Crippen molar-refractivity contribution in [2.45, 2.75) is 20.3 Å².